The fraction of sp³-hybridized carbons (Fsp3) is 0.423. The molecule has 168 valence electrons. The van der Waals surface area contributed by atoms with E-state index in [9.17, 15) is 14.4 Å². The van der Waals surface area contributed by atoms with E-state index in [0.717, 1.165) is 24.2 Å². The lowest BCUT2D eigenvalue weighted by molar-refractivity contribution is -0.141. The first-order valence-electron chi connectivity index (χ1n) is 11.2. The molecule has 0 aliphatic carbocycles. The van der Waals surface area contributed by atoms with E-state index in [1.807, 2.05) is 17.0 Å². The van der Waals surface area contributed by atoms with Gasteiger partial charge in [0.25, 0.3) is 0 Å². The molecular weight excluding hydrogens is 404 g/mol. The van der Waals surface area contributed by atoms with Crippen LogP contribution in [0.5, 0.6) is 5.75 Å². The van der Waals surface area contributed by atoms with Crippen molar-refractivity contribution >= 4 is 17.7 Å². The van der Waals surface area contributed by atoms with Crippen LogP contribution >= 0.6 is 0 Å². The van der Waals surface area contributed by atoms with E-state index < -0.39 is 5.41 Å². The molecule has 2 aromatic carbocycles. The number of likely N-dealkylation sites (tertiary alicyclic amines) is 2. The largest absolute Gasteiger partial charge is 0.497 e. The van der Waals surface area contributed by atoms with Crippen molar-refractivity contribution in [3.63, 3.8) is 0 Å². The average molecular weight is 435 g/mol. The number of carbonyl (C=O) groups excluding carboxylic acids is 3. The maximum absolute atomic E-state index is 13.5. The van der Waals surface area contributed by atoms with Crippen LogP contribution in [0.3, 0.4) is 0 Å². The summed E-state index contributed by atoms with van der Waals surface area (Å²) in [6.07, 6.45) is 2.85. The lowest BCUT2D eigenvalue weighted by Crippen LogP contribution is -2.43. The molecule has 0 N–H and O–H groups in total. The Bertz CT molecular complexity index is 1010. The van der Waals surface area contributed by atoms with Crippen LogP contribution in [0.15, 0.2) is 54.6 Å². The molecule has 2 aliphatic rings. The zero-order chi connectivity index (χ0) is 22.7. The molecule has 2 unspecified atom stereocenters. The predicted octanol–water partition coefficient (Wildman–Crippen LogP) is 3.51. The summed E-state index contributed by atoms with van der Waals surface area (Å²) in [5.41, 5.74) is 0.792. The molecule has 0 aromatic heterocycles. The molecule has 2 saturated heterocycles. The van der Waals surface area contributed by atoms with Gasteiger partial charge in [-0.3, -0.25) is 19.3 Å². The minimum atomic E-state index is -1.18. The Morgan fingerprint density at radius 2 is 1.84 bits per heavy atom. The highest BCUT2D eigenvalue weighted by molar-refractivity contribution is 6.10. The van der Waals surface area contributed by atoms with Gasteiger partial charge in [0.05, 0.1) is 12.5 Å². The molecule has 0 bridgehead atoms. The molecule has 0 saturated carbocycles. The normalized spacial score (nSPS) is 23.9. The van der Waals surface area contributed by atoms with Gasteiger partial charge in [-0.2, -0.15) is 0 Å². The summed E-state index contributed by atoms with van der Waals surface area (Å²) in [7, 11) is 3.05. The molecule has 32 heavy (non-hydrogen) atoms. The number of benzene rings is 2. The van der Waals surface area contributed by atoms with Gasteiger partial charge in [-0.1, -0.05) is 42.5 Å². The zero-order valence-corrected chi connectivity index (χ0v) is 18.8. The second-order valence-electron chi connectivity index (χ2n) is 8.84. The summed E-state index contributed by atoms with van der Waals surface area (Å²) >= 11 is 0. The van der Waals surface area contributed by atoms with Crippen LogP contribution in [0.2, 0.25) is 0 Å². The molecule has 2 heterocycles. The van der Waals surface area contributed by atoms with Crippen LogP contribution in [-0.2, 0) is 19.8 Å². The second-order valence-corrected chi connectivity index (χ2v) is 8.84. The lowest BCUT2D eigenvalue weighted by atomic mass is 9.75. The zero-order valence-electron chi connectivity index (χ0n) is 18.8. The number of hydrogen-bond acceptors (Lipinski definition) is 4. The Hall–Kier alpha value is -3.15. The predicted molar refractivity (Wildman–Crippen MR) is 121 cm³/mol. The fourth-order valence-electron chi connectivity index (χ4n) is 5.05. The summed E-state index contributed by atoms with van der Waals surface area (Å²) in [6, 6.07) is 17.6. The standard InChI is InChI=1S/C26H30N2O4/c1-27-23(29)17-26(25(27)31,21-11-6-12-22(16-21)32-2)18-24(30)28-14-7-10-20(13-15-28)19-8-4-3-5-9-19/h3-6,8-9,11-12,16,20H,7,10,13-15,17-18H2,1-2H3. The molecule has 2 aliphatic heterocycles. The number of carbonyl (C=O) groups is 3. The van der Waals surface area contributed by atoms with Crippen LogP contribution in [0.4, 0.5) is 0 Å². The minimum absolute atomic E-state index is 0.00171. The van der Waals surface area contributed by atoms with Crippen LogP contribution in [0, 0.1) is 0 Å². The molecule has 2 fully saturated rings. The van der Waals surface area contributed by atoms with E-state index in [4.69, 9.17) is 4.74 Å². The summed E-state index contributed by atoms with van der Waals surface area (Å²) in [5.74, 6) is 0.386. The SMILES string of the molecule is COc1cccc(C2(CC(=O)N3CCCC(c4ccccc4)CC3)CC(=O)N(C)C2=O)c1. The first kappa shape index (κ1) is 22.1. The van der Waals surface area contributed by atoms with Gasteiger partial charge in [0.1, 0.15) is 5.75 Å². The third kappa shape index (κ3) is 4.14. The van der Waals surface area contributed by atoms with Gasteiger partial charge < -0.3 is 9.64 Å². The summed E-state index contributed by atoms with van der Waals surface area (Å²) < 4.78 is 5.33. The lowest BCUT2D eigenvalue weighted by Gasteiger charge is -2.30. The highest BCUT2D eigenvalue weighted by Crippen LogP contribution is 2.41. The Kier molecular flexibility index (Phi) is 6.31. The van der Waals surface area contributed by atoms with Crippen molar-refractivity contribution in [2.45, 2.75) is 43.4 Å². The first-order valence-corrected chi connectivity index (χ1v) is 11.2. The van der Waals surface area contributed by atoms with E-state index in [-0.39, 0.29) is 30.6 Å². The van der Waals surface area contributed by atoms with Crippen molar-refractivity contribution in [1.82, 2.24) is 9.80 Å². The van der Waals surface area contributed by atoms with E-state index in [1.54, 1.807) is 25.3 Å². The topological polar surface area (TPSA) is 66.9 Å². The molecule has 0 spiro atoms. The van der Waals surface area contributed by atoms with Gasteiger partial charge >= 0.3 is 0 Å². The highest BCUT2D eigenvalue weighted by Gasteiger charge is 2.53. The van der Waals surface area contributed by atoms with Crippen molar-refractivity contribution in [2.24, 2.45) is 0 Å². The van der Waals surface area contributed by atoms with Crippen LogP contribution in [0.1, 0.15) is 49.1 Å². The minimum Gasteiger partial charge on any atom is -0.497 e. The average Bonchev–Trinajstić information content (AvgIpc) is 3.00. The van der Waals surface area contributed by atoms with Gasteiger partial charge in [-0.25, -0.2) is 0 Å². The molecular formula is C26H30N2O4. The van der Waals surface area contributed by atoms with Gasteiger partial charge in [0, 0.05) is 33.0 Å². The Morgan fingerprint density at radius 3 is 2.53 bits per heavy atom. The number of ether oxygens (including phenoxy) is 1. The monoisotopic (exact) mass is 434 g/mol. The van der Waals surface area contributed by atoms with E-state index in [0.29, 0.717) is 30.3 Å². The quantitative estimate of drug-likeness (QED) is 0.676. The first-order chi connectivity index (χ1) is 15.4. The maximum atomic E-state index is 13.5. The Morgan fingerprint density at radius 1 is 1.06 bits per heavy atom. The molecule has 4 rings (SSSR count). The van der Waals surface area contributed by atoms with Crippen molar-refractivity contribution < 1.29 is 19.1 Å². The Balaban J connectivity index is 1.56. The summed E-state index contributed by atoms with van der Waals surface area (Å²) in [6.45, 7) is 1.33. The number of imide groups is 1. The molecule has 2 atom stereocenters. The summed E-state index contributed by atoms with van der Waals surface area (Å²) in [5, 5.41) is 0. The molecule has 0 radical (unpaired) electrons. The number of methoxy groups -OCH3 is 1. The van der Waals surface area contributed by atoms with Crippen molar-refractivity contribution in [1.29, 1.82) is 0 Å². The molecule has 6 nitrogen and oxygen atoms in total. The van der Waals surface area contributed by atoms with Crippen molar-refractivity contribution in [2.75, 3.05) is 27.2 Å². The van der Waals surface area contributed by atoms with Crippen molar-refractivity contribution in [3.05, 3.63) is 65.7 Å². The number of likely N-dealkylation sites (N-methyl/N-ethyl adjacent to an activating group) is 1. The highest BCUT2D eigenvalue weighted by atomic mass is 16.5. The number of nitrogens with zero attached hydrogens (tertiary/aromatic N) is 2. The molecule has 2 aromatic rings. The maximum Gasteiger partial charge on any atom is 0.240 e. The smallest absolute Gasteiger partial charge is 0.240 e. The summed E-state index contributed by atoms with van der Waals surface area (Å²) in [4.78, 5) is 42.2. The van der Waals surface area contributed by atoms with Crippen LogP contribution in [-0.4, -0.2) is 54.8 Å². The van der Waals surface area contributed by atoms with E-state index in [2.05, 4.69) is 24.3 Å². The van der Waals surface area contributed by atoms with E-state index in [1.165, 1.54) is 12.6 Å². The number of hydrogen-bond donors (Lipinski definition) is 0. The fourth-order valence-corrected chi connectivity index (χ4v) is 5.05. The second kappa shape index (κ2) is 9.15. The van der Waals surface area contributed by atoms with Crippen molar-refractivity contribution in [3.8, 4) is 5.75 Å². The molecule has 6 heteroatoms. The number of rotatable bonds is 5. The van der Waals surface area contributed by atoms with Gasteiger partial charge in [-0.05, 0) is 48.4 Å². The third-order valence-corrected chi connectivity index (χ3v) is 6.97. The Labute approximate surface area is 189 Å². The number of amides is 3. The third-order valence-electron chi connectivity index (χ3n) is 6.97. The van der Waals surface area contributed by atoms with Gasteiger partial charge in [0.2, 0.25) is 17.7 Å². The van der Waals surface area contributed by atoms with Crippen LogP contribution in [0.25, 0.3) is 0 Å². The van der Waals surface area contributed by atoms with E-state index >= 15 is 0 Å². The van der Waals surface area contributed by atoms with Crippen LogP contribution < -0.4 is 4.74 Å². The van der Waals surface area contributed by atoms with Gasteiger partial charge in [0.15, 0.2) is 0 Å². The van der Waals surface area contributed by atoms with Gasteiger partial charge in [-0.15, -0.1) is 0 Å². The molecule has 3 amide bonds.